The van der Waals surface area contributed by atoms with Gasteiger partial charge in [0.15, 0.2) is 6.29 Å². The maximum Gasteiger partial charge on any atom is 0.302 e. The van der Waals surface area contributed by atoms with E-state index < -0.39 is 18.5 Å². The zero-order valence-corrected chi connectivity index (χ0v) is 11.7. The first-order chi connectivity index (χ1) is 9.56. The molecular formula is C15H20O5. The van der Waals surface area contributed by atoms with Crippen molar-refractivity contribution in [2.75, 3.05) is 0 Å². The van der Waals surface area contributed by atoms with Gasteiger partial charge < -0.3 is 19.3 Å². The molecule has 110 valence electrons. The Morgan fingerprint density at radius 1 is 1.40 bits per heavy atom. The number of aliphatic hydroxyl groups is 1. The highest BCUT2D eigenvalue weighted by molar-refractivity contribution is 5.66. The molecule has 0 aromatic heterocycles. The van der Waals surface area contributed by atoms with E-state index in [2.05, 4.69) is 0 Å². The molecule has 0 saturated carbocycles. The molecule has 1 fully saturated rings. The minimum atomic E-state index is -1.09. The van der Waals surface area contributed by atoms with Crippen LogP contribution in [0.1, 0.15) is 25.8 Å². The highest BCUT2D eigenvalue weighted by Gasteiger charge is 2.39. The van der Waals surface area contributed by atoms with E-state index in [1.54, 1.807) is 0 Å². The fraction of sp³-hybridized carbons (Fsp3) is 0.533. The van der Waals surface area contributed by atoms with Crippen LogP contribution in [0.25, 0.3) is 0 Å². The van der Waals surface area contributed by atoms with E-state index in [4.69, 9.17) is 14.2 Å². The minimum absolute atomic E-state index is 0.175. The standard InChI is InChI=1S/C15H20O5/c1-10-8-13(20-11(2)16)14(15(17)19-10)18-9-12-6-4-3-5-7-12/h3-7,10,13-15,17H,8-9H2,1-2H3/t10-,13+,14-,15+/m1/s1. The SMILES string of the molecule is CC(=O)O[C@H]1C[C@@H](C)O[C@H](O)[C@@H]1OCc1ccccc1. The van der Waals surface area contributed by atoms with E-state index in [0.29, 0.717) is 13.0 Å². The van der Waals surface area contributed by atoms with Crippen LogP contribution in [-0.2, 0) is 25.6 Å². The first-order valence-electron chi connectivity index (χ1n) is 6.72. The molecule has 2 rings (SSSR count). The first kappa shape index (κ1) is 15.0. The van der Waals surface area contributed by atoms with Gasteiger partial charge in [-0.25, -0.2) is 0 Å². The van der Waals surface area contributed by atoms with E-state index in [1.165, 1.54) is 6.92 Å². The van der Waals surface area contributed by atoms with Gasteiger partial charge in [0.2, 0.25) is 0 Å². The monoisotopic (exact) mass is 280 g/mol. The highest BCUT2D eigenvalue weighted by atomic mass is 16.7. The molecule has 20 heavy (non-hydrogen) atoms. The van der Waals surface area contributed by atoms with Crippen LogP contribution in [0.4, 0.5) is 0 Å². The number of hydrogen-bond donors (Lipinski definition) is 1. The summed E-state index contributed by atoms with van der Waals surface area (Å²) in [4.78, 5) is 11.1. The second-order valence-electron chi connectivity index (χ2n) is 4.98. The third kappa shape index (κ3) is 4.03. The smallest absolute Gasteiger partial charge is 0.302 e. The maximum absolute atomic E-state index is 11.1. The fourth-order valence-corrected chi connectivity index (χ4v) is 2.30. The van der Waals surface area contributed by atoms with Gasteiger partial charge in [0.05, 0.1) is 12.7 Å². The van der Waals surface area contributed by atoms with Crippen LogP contribution in [0.5, 0.6) is 0 Å². The molecule has 1 N–H and O–H groups in total. The largest absolute Gasteiger partial charge is 0.459 e. The van der Waals surface area contributed by atoms with Crippen molar-refractivity contribution in [3.8, 4) is 0 Å². The van der Waals surface area contributed by atoms with Gasteiger partial charge in [-0.2, -0.15) is 0 Å². The normalized spacial score (nSPS) is 29.9. The van der Waals surface area contributed by atoms with Crippen LogP contribution in [-0.4, -0.2) is 35.7 Å². The zero-order chi connectivity index (χ0) is 14.5. The number of ether oxygens (including phenoxy) is 3. The van der Waals surface area contributed by atoms with Crippen LogP contribution in [0.3, 0.4) is 0 Å². The topological polar surface area (TPSA) is 65.0 Å². The molecule has 1 aromatic rings. The molecule has 0 bridgehead atoms. The Hall–Kier alpha value is -1.43. The molecule has 1 aliphatic heterocycles. The average molecular weight is 280 g/mol. The Bertz CT molecular complexity index is 433. The summed E-state index contributed by atoms with van der Waals surface area (Å²) < 4.78 is 16.3. The third-order valence-electron chi connectivity index (χ3n) is 3.19. The van der Waals surface area contributed by atoms with Gasteiger partial charge in [0.1, 0.15) is 12.2 Å². The number of benzene rings is 1. The van der Waals surface area contributed by atoms with Gasteiger partial charge in [0, 0.05) is 13.3 Å². The van der Waals surface area contributed by atoms with Crippen molar-refractivity contribution in [2.45, 2.75) is 51.5 Å². The van der Waals surface area contributed by atoms with Gasteiger partial charge in [-0.15, -0.1) is 0 Å². The summed E-state index contributed by atoms with van der Waals surface area (Å²) >= 11 is 0. The second-order valence-corrected chi connectivity index (χ2v) is 4.98. The molecule has 1 aromatic carbocycles. The lowest BCUT2D eigenvalue weighted by atomic mass is 10.0. The Morgan fingerprint density at radius 3 is 2.75 bits per heavy atom. The number of carbonyl (C=O) groups excluding carboxylic acids is 1. The molecule has 5 nitrogen and oxygen atoms in total. The molecule has 0 amide bonds. The summed E-state index contributed by atoms with van der Waals surface area (Å²) in [6, 6.07) is 9.61. The molecule has 0 unspecified atom stereocenters. The van der Waals surface area contributed by atoms with E-state index in [0.717, 1.165) is 5.56 Å². The quantitative estimate of drug-likeness (QED) is 0.849. The van der Waals surface area contributed by atoms with Crippen molar-refractivity contribution in [3.63, 3.8) is 0 Å². The lowest BCUT2D eigenvalue weighted by Gasteiger charge is -2.37. The van der Waals surface area contributed by atoms with Gasteiger partial charge in [-0.05, 0) is 12.5 Å². The van der Waals surface area contributed by atoms with Crippen molar-refractivity contribution < 1.29 is 24.1 Å². The molecule has 0 radical (unpaired) electrons. The Morgan fingerprint density at radius 2 is 2.10 bits per heavy atom. The lowest BCUT2D eigenvalue weighted by Crippen LogP contribution is -2.50. The Balaban J connectivity index is 1.99. The first-order valence-corrected chi connectivity index (χ1v) is 6.72. The molecule has 1 heterocycles. The van der Waals surface area contributed by atoms with E-state index >= 15 is 0 Å². The number of rotatable bonds is 4. The van der Waals surface area contributed by atoms with Gasteiger partial charge >= 0.3 is 5.97 Å². The average Bonchev–Trinajstić information content (AvgIpc) is 2.38. The van der Waals surface area contributed by atoms with Gasteiger partial charge in [-0.1, -0.05) is 30.3 Å². The van der Waals surface area contributed by atoms with Crippen LogP contribution in [0.2, 0.25) is 0 Å². The summed E-state index contributed by atoms with van der Waals surface area (Å²) in [7, 11) is 0. The summed E-state index contributed by atoms with van der Waals surface area (Å²) in [5.74, 6) is -0.385. The molecule has 5 heteroatoms. The van der Waals surface area contributed by atoms with Crippen LogP contribution in [0, 0.1) is 0 Å². The minimum Gasteiger partial charge on any atom is -0.459 e. The lowest BCUT2D eigenvalue weighted by molar-refractivity contribution is -0.262. The second kappa shape index (κ2) is 6.83. The predicted molar refractivity (Wildman–Crippen MR) is 71.7 cm³/mol. The van der Waals surface area contributed by atoms with Crippen molar-refractivity contribution >= 4 is 5.97 Å². The molecule has 1 aliphatic rings. The fourth-order valence-electron chi connectivity index (χ4n) is 2.30. The van der Waals surface area contributed by atoms with Crippen molar-refractivity contribution in [2.24, 2.45) is 0 Å². The maximum atomic E-state index is 11.1. The van der Waals surface area contributed by atoms with Crippen LogP contribution in [0.15, 0.2) is 30.3 Å². The molecule has 0 spiro atoms. The van der Waals surface area contributed by atoms with Crippen molar-refractivity contribution in [3.05, 3.63) is 35.9 Å². The van der Waals surface area contributed by atoms with E-state index in [1.807, 2.05) is 37.3 Å². The molecular weight excluding hydrogens is 260 g/mol. The Labute approximate surface area is 118 Å². The van der Waals surface area contributed by atoms with Crippen molar-refractivity contribution in [1.29, 1.82) is 0 Å². The van der Waals surface area contributed by atoms with Crippen molar-refractivity contribution in [1.82, 2.24) is 0 Å². The highest BCUT2D eigenvalue weighted by Crippen LogP contribution is 2.25. The zero-order valence-electron chi connectivity index (χ0n) is 11.7. The van der Waals surface area contributed by atoms with Gasteiger partial charge in [-0.3, -0.25) is 4.79 Å². The van der Waals surface area contributed by atoms with Crippen LogP contribution >= 0.6 is 0 Å². The number of esters is 1. The number of hydrogen-bond acceptors (Lipinski definition) is 5. The molecule has 4 atom stereocenters. The predicted octanol–water partition coefficient (Wildman–Crippen LogP) is 1.63. The van der Waals surface area contributed by atoms with Crippen LogP contribution < -0.4 is 0 Å². The third-order valence-corrected chi connectivity index (χ3v) is 3.19. The molecule has 0 aliphatic carbocycles. The van der Waals surface area contributed by atoms with Gasteiger partial charge in [0.25, 0.3) is 0 Å². The number of aliphatic hydroxyl groups excluding tert-OH is 1. The number of carbonyl (C=O) groups is 1. The summed E-state index contributed by atoms with van der Waals surface area (Å²) in [5, 5.41) is 9.96. The summed E-state index contributed by atoms with van der Waals surface area (Å²) in [5.41, 5.74) is 0.986. The Kier molecular flexibility index (Phi) is 5.11. The van der Waals surface area contributed by atoms with E-state index in [9.17, 15) is 9.90 Å². The summed E-state index contributed by atoms with van der Waals surface area (Å²) in [6.45, 7) is 3.51. The summed E-state index contributed by atoms with van der Waals surface area (Å²) in [6.07, 6.45) is -1.92. The molecule has 1 saturated heterocycles. The van der Waals surface area contributed by atoms with E-state index in [-0.39, 0.29) is 12.1 Å².